The Bertz CT molecular complexity index is 454. The zero-order valence-electron chi connectivity index (χ0n) is 10.3. The van der Waals surface area contributed by atoms with Crippen LogP contribution in [-0.4, -0.2) is 41.8 Å². The first-order valence-electron chi connectivity index (χ1n) is 5.42. The summed E-state index contributed by atoms with van der Waals surface area (Å²) < 4.78 is 32.4. The van der Waals surface area contributed by atoms with Gasteiger partial charge in [-0.25, -0.2) is 13.1 Å². The lowest BCUT2D eigenvalue weighted by Gasteiger charge is -2.05. The molecule has 0 aliphatic carbocycles. The third kappa shape index (κ3) is 4.94. The van der Waals surface area contributed by atoms with Crippen LogP contribution in [0.1, 0.15) is 5.56 Å². The van der Waals surface area contributed by atoms with Gasteiger partial charge in [0.15, 0.2) is 0 Å². The molecule has 0 amide bonds. The summed E-state index contributed by atoms with van der Waals surface area (Å²) in [5, 5.41) is 3.07. The van der Waals surface area contributed by atoms with Crippen LogP contribution in [0, 0.1) is 6.92 Å². The minimum absolute atomic E-state index is 0.337. The molecule has 1 aromatic rings. The molecule has 0 saturated carbocycles. The van der Waals surface area contributed by atoms with E-state index >= 15 is 0 Å². The maximum atomic E-state index is 11.9. The van der Waals surface area contributed by atoms with E-state index in [1.807, 2.05) is 6.92 Å². The molecule has 1 heterocycles. The van der Waals surface area contributed by atoms with Crippen molar-refractivity contribution in [3.8, 4) is 0 Å². The van der Waals surface area contributed by atoms with Crippen molar-refractivity contribution in [3.63, 3.8) is 0 Å². The van der Waals surface area contributed by atoms with E-state index in [1.165, 1.54) is 11.3 Å². The number of hydrogen-bond acceptors (Lipinski definition) is 5. The van der Waals surface area contributed by atoms with Crippen molar-refractivity contribution < 1.29 is 13.2 Å². The zero-order valence-corrected chi connectivity index (χ0v) is 13.5. The summed E-state index contributed by atoms with van der Waals surface area (Å²) >= 11 is 4.54. The number of sulfonamides is 1. The van der Waals surface area contributed by atoms with E-state index in [2.05, 4.69) is 26.0 Å². The quantitative estimate of drug-likeness (QED) is 0.689. The highest BCUT2D eigenvalue weighted by Gasteiger charge is 2.17. The smallest absolute Gasteiger partial charge is 0.250 e. The van der Waals surface area contributed by atoms with Crippen molar-refractivity contribution in [2.45, 2.75) is 11.1 Å². The van der Waals surface area contributed by atoms with Crippen LogP contribution in [0.4, 0.5) is 0 Å². The monoisotopic (exact) mass is 356 g/mol. The van der Waals surface area contributed by atoms with Gasteiger partial charge in [-0.2, -0.15) is 0 Å². The highest BCUT2D eigenvalue weighted by molar-refractivity contribution is 9.11. The fourth-order valence-corrected chi connectivity index (χ4v) is 4.51. The highest BCUT2D eigenvalue weighted by atomic mass is 79.9. The third-order valence-electron chi connectivity index (χ3n) is 2.18. The van der Waals surface area contributed by atoms with Crippen molar-refractivity contribution >= 4 is 37.3 Å². The molecular formula is C10H17BrN2O3S2. The molecule has 1 aromatic heterocycles. The number of aryl methyl sites for hydroxylation is 1. The number of ether oxygens (including phenoxy) is 1. The van der Waals surface area contributed by atoms with Gasteiger partial charge in [-0.05, 0) is 34.5 Å². The van der Waals surface area contributed by atoms with Crippen molar-refractivity contribution in [3.05, 3.63) is 15.4 Å². The van der Waals surface area contributed by atoms with E-state index in [1.54, 1.807) is 13.2 Å². The van der Waals surface area contributed by atoms with E-state index in [9.17, 15) is 8.42 Å². The lowest BCUT2D eigenvalue weighted by atomic mass is 10.4. The molecule has 0 atom stereocenters. The lowest BCUT2D eigenvalue weighted by Crippen LogP contribution is -2.32. The normalized spacial score (nSPS) is 11.9. The number of nitrogens with one attached hydrogen (secondary N) is 2. The van der Waals surface area contributed by atoms with Gasteiger partial charge in [-0.1, -0.05) is 0 Å². The number of halogens is 1. The average molecular weight is 357 g/mol. The number of hydrogen-bond donors (Lipinski definition) is 2. The Morgan fingerprint density at radius 2 is 2.11 bits per heavy atom. The summed E-state index contributed by atoms with van der Waals surface area (Å²) in [4.78, 5) is 0. The molecule has 8 heteroatoms. The van der Waals surface area contributed by atoms with Crippen LogP contribution in [0.3, 0.4) is 0 Å². The van der Waals surface area contributed by atoms with Crippen molar-refractivity contribution in [2.24, 2.45) is 0 Å². The summed E-state index contributed by atoms with van der Waals surface area (Å²) in [6.07, 6.45) is 0. The van der Waals surface area contributed by atoms with Crippen molar-refractivity contribution in [1.82, 2.24) is 10.0 Å². The molecule has 104 valence electrons. The van der Waals surface area contributed by atoms with Crippen LogP contribution in [-0.2, 0) is 14.8 Å². The largest absolute Gasteiger partial charge is 0.383 e. The Hall–Kier alpha value is 0.01000. The summed E-state index contributed by atoms with van der Waals surface area (Å²) in [6, 6.07) is 1.66. The Kier molecular flexibility index (Phi) is 6.75. The molecular weight excluding hydrogens is 340 g/mol. The fraction of sp³-hybridized carbons (Fsp3) is 0.600. The maximum Gasteiger partial charge on any atom is 0.250 e. The van der Waals surface area contributed by atoms with Crippen LogP contribution in [0.15, 0.2) is 14.1 Å². The molecule has 0 saturated heterocycles. The summed E-state index contributed by atoms with van der Waals surface area (Å²) in [5.41, 5.74) is 0.929. The van der Waals surface area contributed by atoms with Gasteiger partial charge < -0.3 is 10.1 Å². The first-order chi connectivity index (χ1) is 8.47. The Morgan fingerprint density at radius 3 is 2.67 bits per heavy atom. The van der Waals surface area contributed by atoms with Crippen LogP contribution < -0.4 is 10.0 Å². The van der Waals surface area contributed by atoms with Gasteiger partial charge >= 0.3 is 0 Å². The molecule has 2 N–H and O–H groups in total. The first-order valence-corrected chi connectivity index (χ1v) is 8.52. The molecule has 0 bridgehead atoms. The Labute approximate surface area is 120 Å². The number of methoxy groups -OCH3 is 1. The average Bonchev–Trinajstić information content (AvgIpc) is 2.65. The minimum Gasteiger partial charge on any atom is -0.383 e. The van der Waals surface area contributed by atoms with Crippen LogP contribution in [0.25, 0.3) is 0 Å². The molecule has 0 aliphatic rings. The molecule has 1 rings (SSSR count). The van der Waals surface area contributed by atoms with Crippen LogP contribution in [0.2, 0.25) is 0 Å². The molecule has 0 aromatic carbocycles. The predicted molar refractivity (Wildman–Crippen MR) is 76.7 cm³/mol. The zero-order chi connectivity index (χ0) is 13.6. The summed E-state index contributed by atoms with van der Waals surface area (Å²) in [5.74, 6) is 0. The standard InChI is InChI=1S/C10H17BrN2O3S2/c1-8-7-9(17-10(8)11)18(14,15)13-4-3-12-5-6-16-2/h7,12-13H,3-6H2,1-2H3. The lowest BCUT2D eigenvalue weighted by molar-refractivity contribution is 0.199. The predicted octanol–water partition coefficient (Wildman–Crippen LogP) is 1.33. The number of thiophene rings is 1. The van der Waals surface area contributed by atoms with Gasteiger partial charge in [0.05, 0.1) is 10.4 Å². The molecule has 5 nitrogen and oxygen atoms in total. The van der Waals surface area contributed by atoms with Crippen LogP contribution >= 0.6 is 27.3 Å². The SMILES string of the molecule is COCCNCCNS(=O)(=O)c1cc(C)c(Br)s1. The van der Waals surface area contributed by atoms with E-state index in [-0.39, 0.29) is 0 Å². The molecule has 0 aliphatic heterocycles. The molecule has 0 spiro atoms. The topological polar surface area (TPSA) is 67.4 Å². The fourth-order valence-electron chi connectivity index (χ4n) is 1.21. The molecule has 0 fully saturated rings. The molecule has 0 unspecified atom stereocenters. The van der Waals surface area contributed by atoms with E-state index in [4.69, 9.17) is 4.74 Å². The first kappa shape index (κ1) is 16.1. The van der Waals surface area contributed by atoms with Gasteiger partial charge in [0, 0.05) is 26.7 Å². The second-order valence-electron chi connectivity index (χ2n) is 3.66. The van der Waals surface area contributed by atoms with Gasteiger partial charge in [0.2, 0.25) is 10.0 Å². The second kappa shape index (κ2) is 7.56. The third-order valence-corrected chi connectivity index (χ3v) is 6.25. The highest BCUT2D eigenvalue weighted by Crippen LogP contribution is 2.30. The summed E-state index contributed by atoms with van der Waals surface area (Å²) in [6.45, 7) is 4.13. The maximum absolute atomic E-state index is 11.9. The van der Waals surface area contributed by atoms with Gasteiger partial charge in [0.1, 0.15) is 4.21 Å². The van der Waals surface area contributed by atoms with Gasteiger partial charge in [0.25, 0.3) is 0 Å². The minimum atomic E-state index is -3.39. The van der Waals surface area contributed by atoms with Gasteiger partial charge in [-0.3, -0.25) is 0 Å². The van der Waals surface area contributed by atoms with Gasteiger partial charge in [-0.15, -0.1) is 11.3 Å². The second-order valence-corrected chi connectivity index (χ2v) is 8.03. The van der Waals surface area contributed by atoms with E-state index < -0.39 is 10.0 Å². The summed E-state index contributed by atoms with van der Waals surface area (Å²) in [7, 11) is -1.76. The Morgan fingerprint density at radius 1 is 1.39 bits per heavy atom. The Balaban J connectivity index is 2.41. The van der Waals surface area contributed by atoms with Crippen LogP contribution in [0.5, 0.6) is 0 Å². The molecule has 18 heavy (non-hydrogen) atoms. The van der Waals surface area contributed by atoms with E-state index in [0.29, 0.717) is 30.5 Å². The van der Waals surface area contributed by atoms with E-state index in [0.717, 1.165) is 9.35 Å². The molecule has 0 radical (unpaired) electrons. The van der Waals surface area contributed by atoms with Crippen molar-refractivity contribution in [1.29, 1.82) is 0 Å². The van der Waals surface area contributed by atoms with Crippen molar-refractivity contribution in [2.75, 3.05) is 33.4 Å². The number of rotatable bonds is 8.